The molecular weight excluding hydrogens is 352 g/mol. The molecule has 1 aliphatic rings. The van der Waals surface area contributed by atoms with Crippen molar-refractivity contribution in [3.63, 3.8) is 0 Å². The number of amides is 2. The molecule has 7 heteroatoms. The molecule has 0 bridgehead atoms. The third-order valence-corrected chi connectivity index (χ3v) is 4.96. The van der Waals surface area contributed by atoms with E-state index in [2.05, 4.69) is 20.5 Å². The van der Waals surface area contributed by atoms with Crippen LogP contribution in [0.25, 0.3) is 0 Å². The van der Waals surface area contributed by atoms with Gasteiger partial charge in [-0.05, 0) is 42.3 Å². The fourth-order valence-electron chi connectivity index (χ4n) is 3.03. The van der Waals surface area contributed by atoms with Crippen LogP contribution < -0.4 is 10.6 Å². The molecule has 0 unspecified atom stereocenters. The topological polar surface area (TPSA) is 66.5 Å². The molecule has 1 aromatic heterocycles. The van der Waals surface area contributed by atoms with Crippen LogP contribution in [0.3, 0.4) is 0 Å². The van der Waals surface area contributed by atoms with Crippen LogP contribution in [0.15, 0.2) is 42.7 Å². The maximum atomic E-state index is 12.4. The van der Waals surface area contributed by atoms with Gasteiger partial charge in [-0.1, -0.05) is 17.7 Å². The Morgan fingerprint density at radius 2 is 2.00 bits per heavy atom. The number of pyridine rings is 1. The molecule has 1 atom stereocenters. The Kier molecular flexibility index (Phi) is 6.44. The molecule has 2 N–H and O–H groups in total. The Morgan fingerprint density at radius 3 is 2.73 bits per heavy atom. The second-order valence-corrected chi connectivity index (χ2v) is 6.60. The molecule has 0 spiro atoms. The standard InChI is InChI=1S/C19H23ClN4O2/c1-14-16(20)3-2-4-17(14)23-19(25)22-13-18(15-5-7-21-8-6-15)24-9-11-26-12-10-24/h2-8,18H,9-13H2,1H3,(H2,22,23,25)/t18-/m0/s1. The number of nitrogens with one attached hydrogen (secondary N) is 2. The Bertz CT molecular complexity index is 736. The second kappa shape index (κ2) is 8.98. The number of hydrogen-bond donors (Lipinski definition) is 2. The van der Waals surface area contributed by atoms with Crippen LogP contribution in [-0.2, 0) is 4.74 Å². The van der Waals surface area contributed by atoms with Crippen molar-refractivity contribution in [2.75, 3.05) is 38.2 Å². The van der Waals surface area contributed by atoms with Crippen molar-refractivity contribution in [3.8, 4) is 0 Å². The highest BCUT2D eigenvalue weighted by molar-refractivity contribution is 6.31. The summed E-state index contributed by atoms with van der Waals surface area (Å²) in [6.45, 7) is 5.46. The first kappa shape index (κ1) is 18.6. The van der Waals surface area contributed by atoms with Gasteiger partial charge in [0, 0.05) is 42.7 Å². The zero-order valence-electron chi connectivity index (χ0n) is 14.7. The summed E-state index contributed by atoms with van der Waals surface area (Å²) in [6.07, 6.45) is 3.55. The molecule has 3 rings (SSSR count). The lowest BCUT2D eigenvalue weighted by Gasteiger charge is -2.34. The molecular formula is C19H23ClN4O2. The molecule has 2 aromatic rings. The van der Waals surface area contributed by atoms with Gasteiger partial charge in [0.2, 0.25) is 0 Å². The van der Waals surface area contributed by atoms with E-state index in [9.17, 15) is 4.79 Å². The first-order valence-corrected chi connectivity index (χ1v) is 9.04. The number of carbonyl (C=O) groups is 1. The molecule has 2 amide bonds. The van der Waals surface area contributed by atoms with Crippen molar-refractivity contribution in [1.82, 2.24) is 15.2 Å². The van der Waals surface area contributed by atoms with Crippen LogP contribution in [0.4, 0.5) is 10.5 Å². The normalized spacial score (nSPS) is 16.1. The van der Waals surface area contributed by atoms with Gasteiger partial charge < -0.3 is 15.4 Å². The number of aromatic nitrogens is 1. The van der Waals surface area contributed by atoms with Crippen LogP contribution in [0.2, 0.25) is 5.02 Å². The monoisotopic (exact) mass is 374 g/mol. The van der Waals surface area contributed by atoms with Gasteiger partial charge in [0.25, 0.3) is 0 Å². The zero-order chi connectivity index (χ0) is 18.4. The van der Waals surface area contributed by atoms with E-state index in [1.165, 1.54) is 0 Å². The molecule has 1 aromatic carbocycles. The van der Waals surface area contributed by atoms with Gasteiger partial charge in [0.1, 0.15) is 0 Å². The smallest absolute Gasteiger partial charge is 0.319 e. The van der Waals surface area contributed by atoms with Crippen molar-refractivity contribution in [3.05, 3.63) is 58.9 Å². The molecule has 2 heterocycles. The summed E-state index contributed by atoms with van der Waals surface area (Å²) in [7, 11) is 0. The minimum Gasteiger partial charge on any atom is -0.379 e. The minimum absolute atomic E-state index is 0.0770. The number of halogens is 1. The van der Waals surface area contributed by atoms with E-state index in [-0.39, 0.29) is 12.1 Å². The van der Waals surface area contributed by atoms with E-state index in [0.29, 0.717) is 30.5 Å². The summed E-state index contributed by atoms with van der Waals surface area (Å²) in [6, 6.07) is 9.26. The lowest BCUT2D eigenvalue weighted by Crippen LogP contribution is -2.44. The number of benzene rings is 1. The van der Waals surface area contributed by atoms with Gasteiger partial charge in [0.05, 0.1) is 19.3 Å². The van der Waals surface area contributed by atoms with Gasteiger partial charge in [-0.25, -0.2) is 4.79 Å². The molecule has 1 fully saturated rings. The second-order valence-electron chi connectivity index (χ2n) is 6.19. The third kappa shape index (κ3) is 4.72. The summed E-state index contributed by atoms with van der Waals surface area (Å²) in [4.78, 5) is 18.8. The predicted octanol–water partition coefficient (Wildman–Crippen LogP) is 3.24. The summed E-state index contributed by atoms with van der Waals surface area (Å²) >= 11 is 6.11. The van der Waals surface area contributed by atoms with Crippen molar-refractivity contribution in [1.29, 1.82) is 0 Å². The number of urea groups is 1. The van der Waals surface area contributed by atoms with Gasteiger partial charge in [-0.15, -0.1) is 0 Å². The van der Waals surface area contributed by atoms with Gasteiger partial charge in [-0.3, -0.25) is 9.88 Å². The maximum Gasteiger partial charge on any atom is 0.319 e. The van der Waals surface area contributed by atoms with E-state index in [4.69, 9.17) is 16.3 Å². The largest absolute Gasteiger partial charge is 0.379 e. The molecule has 138 valence electrons. The Morgan fingerprint density at radius 1 is 1.27 bits per heavy atom. The lowest BCUT2D eigenvalue weighted by molar-refractivity contribution is 0.0167. The molecule has 1 aliphatic heterocycles. The van der Waals surface area contributed by atoms with E-state index in [1.54, 1.807) is 18.5 Å². The molecule has 6 nitrogen and oxygen atoms in total. The van der Waals surface area contributed by atoms with Crippen LogP contribution in [-0.4, -0.2) is 48.8 Å². The molecule has 0 radical (unpaired) electrons. The fourth-order valence-corrected chi connectivity index (χ4v) is 3.21. The van der Waals surface area contributed by atoms with Crippen LogP contribution in [0, 0.1) is 6.92 Å². The number of carbonyl (C=O) groups excluding carboxylic acids is 1. The lowest BCUT2D eigenvalue weighted by atomic mass is 10.1. The quantitative estimate of drug-likeness (QED) is 0.843. The predicted molar refractivity (Wildman–Crippen MR) is 103 cm³/mol. The summed E-state index contributed by atoms with van der Waals surface area (Å²) in [5.41, 5.74) is 2.69. The van der Waals surface area contributed by atoms with Gasteiger partial charge in [0.15, 0.2) is 0 Å². The average Bonchev–Trinajstić information content (AvgIpc) is 2.67. The Labute approximate surface area is 158 Å². The highest BCUT2D eigenvalue weighted by Gasteiger charge is 2.23. The Balaban J connectivity index is 1.65. The van der Waals surface area contributed by atoms with Crippen molar-refractivity contribution >= 4 is 23.3 Å². The van der Waals surface area contributed by atoms with Gasteiger partial charge >= 0.3 is 6.03 Å². The van der Waals surface area contributed by atoms with Crippen LogP contribution in [0.1, 0.15) is 17.2 Å². The minimum atomic E-state index is -0.248. The average molecular weight is 375 g/mol. The molecule has 1 saturated heterocycles. The van der Waals surface area contributed by atoms with E-state index < -0.39 is 0 Å². The summed E-state index contributed by atoms with van der Waals surface area (Å²) in [5, 5.41) is 6.48. The van der Waals surface area contributed by atoms with E-state index in [1.807, 2.05) is 31.2 Å². The zero-order valence-corrected chi connectivity index (χ0v) is 15.5. The summed E-state index contributed by atoms with van der Waals surface area (Å²) in [5.74, 6) is 0. The molecule has 0 aliphatic carbocycles. The highest BCUT2D eigenvalue weighted by Crippen LogP contribution is 2.23. The van der Waals surface area contributed by atoms with Crippen molar-refractivity contribution < 1.29 is 9.53 Å². The summed E-state index contributed by atoms with van der Waals surface area (Å²) < 4.78 is 5.45. The third-order valence-electron chi connectivity index (χ3n) is 4.55. The number of rotatable bonds is 5. The van der Waals surface area contributed by atoms with E-state index >= 15 is 0 Å². The van der Waals surface area contributed by atoms with Crippen LogP contribution in [0.5, 0.6) is 0 Å². The number of hydrogen-bond acceptors (Lipinski definition) is 4. The fraction of sp³-hybridized carbons (Fsp3) is 0.368. The van der Waals surface area contributed by atoms with Gasteiger partial charge in [-0.2, -0.15) is 0 Å². The Hall–Kier alpha value is -2.15. The number of morpholine rings is 1. The molecule has 0 saturated carbocycles. The first-order chi connectivity index (χ1) is 12.6. The van der Waals surface area contributed by atoms with Crippen LogP contribution >= 0.6 is 11.6 Å². The SMILES string of the molecule is Cc1c(Cl)cccc1NC(=O)NC[C@@H](c1ccncc1)N1CCOCC1. The number of ether oxygens (including phenoxy) is 1. The first-order valence-electron chi connectivity index (χ1n) is 8.67. The van der Waals surface area contributed by atoms with E-state index in [0.717, 1.165) is 24.2 Å². The van der Waals surface area contributed by atoms with Crippen molar-refractivity contribution in [2.45, 2.75) is 13.0 Å². The number of anilines is 1. The highest BCUT2D eigenvalue weighted by atomic mass is 35.5. The maximum absolute atomic E-state index is 12.4. The number of nitrogens with zero attached hydrogens (tertiary/aromatic N) is 2. The molecule has 26 heavy (non-hydrogen) atoms. The van der Waals surface area contributed by atoms with Crippen molar-refractivity contribution in [2.24, 2.45) is 0 Å².